The third-order valence-corrected chi connectivity index (χ3v) is 3.55. The molecule has 0 bridgehead atoms. The molecule has 0 spiro atoms. The molecule has 18 heavy (non-hydrogen) atoms. The lowest BCUT2D eigenvalue weighted by atomic mass is 10.2. The van der Waals surface area contributed by atoms with Gasteiger partial charge in [0, 0.05) is 31.9 Å². The second kappa shape index (κ2) is 6.30. The quantitative estimate of drug-likeness (QED) is 0.802. The minimum atomic E-state index is 0.601. The molecule has 0 unspecified atom stereocenters. The summed E-state index contributed by atoms with van der Waals surface area (Å²) in [6, 6.07) is 4.94. The van der Waals surface area contributed by atoms with Crippen molar-refractivity contribution in [1.82, 2.24) is 15.2 Å². The molecule has 1 heterocycles. The summed E-state index contributed by atoms with van der Waals surface area (Å²) in [7, 11) is 1.96. The van der Waals surface area contributed by atoms with Crippen LogP contribution >= 0.6 is 0 Å². The summed E-state index contributed by atoms with van der Waals surface area (Å²) in [4.78, 5) is 7.10. The van der Waals surface area contributed by atoms with E-state index < -0.39 is 0 Å². The molecule has 1 aliphatic carbocycles. The molecule has 1 fully saturated rings. The monoisotopic (exact) mass is 247 g/mol. The van der Waals surface area contributed by atoms with Crippen molar-refractivity contribution in [3.8, 4) is 0 Å². The smallest absolute Gasteiger partial charge is 0.0544 e. The molecule has 100 valence electrons. The van der Waals surface area contributed by atoms with E-state index in [0.29, 0.717) is 6.04 Å². The lowest BCUT2D eigenvalue weighted by Gasteiger charge is -2.26. The number of hydrogen-bond acceptors (Lipinski definition) is 3. The number of pyridine rings is 1. The van der Waals surface area contributed by atoms with Crippen LogP contribution in [0.1, 0.15) is 37.9 Å². The van der Waals surface area contributed by atoms with Crippen molar-refractivity contribution in [1.29, 1.82) is 0 Å². The van der Waals surface area contributed by atoms with Gasteiger partial charge in [0.1, 0.15) is 0 Å². The van der Waals surface area contributed by atoms with E-state index >= 15 is 0 Å². The van der Waals surface area contributed by atoms with E-state index in [1.807, 2.05) is 13.2 Å². The Bertz CT molecular complexity index is 355. The van der Waals surface area contributed by atoms with Crippen LogP contribution < -0.4 is 5.32 Å². The molecule has 0 saturated heterocycles. The fourth-order valence-electron chi connectivity index (χ4n) is 2.16. The van der Waals surface area contributed by atoms with Crippen LogP contribution in [-0.2, 0) is 13.1 Å². The molecule has 1 aromatic rings. The van der Waals surface area contributed by atoms with E-state index in [9.17, 15) is 0 Å². The molecule has 3 nitrogen and oxygen atoms in total. The summed E-state index contributed by atoms with van der Waals surface area (Å²) < 4.78 is 0. The molecule has 0 aromatic carbocycles. The van der Waals surface area contributed by atoms with Crippen LogP contribution in [0.5, 0.6) is 0 Å². The van der Waals surface area contributed by atoms with E-state index in [4.69, 9.17) is 0 Å². The normalized spacial score (nSPS) is 15.6. The summed E-state index contributed by atoms with van der Waals surface area (Å²) in [6.45, 7) is 7.66. The van der Waals surface area contributed by atoms with Gasteiger partial charge in [-0.15, -0.1) is 0 Å². The first-order valence-electron chi connectivity index (χ1n) is 7.01. The molecular formula is C15H25N3. The van der Waals surface area contributed by atoms with Crippen molar-refractivity contribution in [2.75, 3.05) is 13.6 Å². The second-order valence-corrected chi connectivity index (χ2v) is 5.65. The van der Waals surface area contributed by atoms with Gasteiger partial charge in [-0.25, -0.2) is 0 Å². The van der Waals surface area contributed by atoms with Gasteiger partial charge in [0.2, 0.25) is 0 Å². The highest BCUT2D eigenvalue weighted by molar-refractivity contribution is 5.14. The highest BCUT2D eigenvalue weighted by atomic mass is 15.2. The van der Waals surface area contributed by atoms with Gasteiger partial charge in [-0.05, 0) is 51.3 Å². The van der Waals surface area contributed by atoms with Crippen LogP contribution in [-0.4, -0.2) is 29.5 Å². The molecule has 0 atom stereocenters. The molecule has 2 rings (SSSR count). The van der Waals surface area contributed by atoms with Crippen molar-refractivity contribution >= 4 is 0 Å². The van der Waals surface area contributed by atoms with Gasteiger partial charge < -0.3 is 5.32 Å². The molecular weight excluding hydrogens is 222 g/mol. The maximum Gasteiger partial charge on any atom is 0.0544 e. The molecule has 1 saturated carbocycles. The summed E-state index contributed by atoms with van der Waals surface area (Å²) >= 11 is 0. The Hall–Kier alpha value is -0.930. The van der Waals surface area contributed by atoms with E-state index in [1.165, 1.54) is 30.6 Å². The van der Waals surface area contributed by atoms with Crippen LogP contribution in [0.15, 0.2) is 18.3 Å². The van der Waals surface area contributed by atoms with Gasteiger partial charge in [0.05, 0.1) is 5.69 Å². The van der Waals surface area contributed by atoms with Gasteiger partial charge in [-0.3, -0.25) is 9.88 Å². The number of hydrogen-bond donors (Lipinski definition) is 1. The number of nitrogens with zero attached hydrogens (tertiary/aromatic N) is 2. The first kappa shape index (κ1) is 13.5. The Kier molecular flexibility index (Phi) is 4.72. The largest absolute Gasteiger partial charge is 0.316 e. The molecule has 0 aliphatic heterocycles. The van der Waals surface area contributed by atoms with Crippen molar-refractivity contribution in [2.24, 2.45) is 5.92 Å². The van der Waals surface area contributed by atoms with E-state index in [2.05, 4.69) is 41.2 Å². The highest BCUT2D eigenvalue weighted by Gasteiger charge is 2.25. The molecule has 1 aromatic heterocycles. The standard InChI is InChI=1S/C15H25N3/c1-12(2)18(10-13-4-5-13)11-15-7-6-14(8-16-3)9-17-15/h6-7,9,12-13,16H,4-5,8,10-11H2,1-3H3. The molecule has 0 radical (unpaired) electrons. The van der Waals surface area contributed by atoms with Gasteiger partial charge in [-0.1, -0.05) is 6.07 Å². The van der Waals surface area contributed by atoms with Crippen molar-refractivity contribution in [2.45, 2.75) is 45.8 Å². The predicted octanol–water partition coefficient (Wildman–Crippen LogP) is 2.42. The third kappa shape index (κ3) is 4.07. The first-order valence-corrected chi connectivity index (χ1v) is 7.01. The lowest BCUT2D eigenvalue weighted by Crippen LogP contribution is -2.32. The second-order valence-electron chi connectivity index (χ2n) is 5.65. The summed E-state index contributed by atoms with van der Waals surface area (Å²) in [5.41, 5.74) is 2.43. The van der Waals surface area contributed by atoms with Gasteiger partial charge in [0.15, 0.2) is 0 Å². The van der Waals surface area contributed by atoms with Crippen LogP contribution in [0.3, 0.4) is 0 Å². The maximum atomic E-state index is 4.57. The van der Waals surface area contributed by atoms with E-state index in [-0.39, 0.29) is 0 Å². The summed E-state index contributed by atoms with van der Waals surface area (Å²) in [5, 5.41) is 3.15. The van der Waals surface area contributed by atoms with Gasteiger partial charge in [-0.2, -0.15) is 0 Å². The number of rotatable bonds is 7. The van der Waals surface area contributed by atoms with Gasteiger partial charge >= 0.3 is 0 Å². The predicted molar refractivity (Wildman–Crippen MR) is 75.3 cm³/mol. The van der Waals surface area contributed by atoms with Gasteiger partial charge in [0.25, 0.3) is 0 Å². The van der Waals surface area contributed by atoms with Crippen LogP contribution in [0, 0.1) is 5.92 Å². The van der Waals surface area contributed by atoms with E-state index in [0.717, 1.165) is 19.0 Å². The average molecular weight is 247 g/mol. The maximum absolute atomic E-state index is 4.57. The fourth-order valence-corrected chi connectivity index (χ4v) is 2.16. The SMILES string of the molecule is CNCc1ccc(CN(CC2CC2)C(C)C)nc1. The minimum Gasteiger partial charge on any atom is -0.316 e. The van der Waals surface area contributed by atoms with Crippen molar-refractivity contribution in [3.05, 3.63) is 29.6 Å². The molecule has 3 heteroatoms. The number of nitrogens with one attached hydrogen (secondary N) is 1. The highest BCUT2D eigenvalue weighted by Crippen LogP contribution is 2.30. The minimum absolute atomic E-state index is 0.601. The Balaban J connectivity index is 1.92. The topological polar surface area (TPSA) is 28.2 Å². The van der Waals surface area contributed by atoms with E-state index in [1.54, 1.807) is 0 Å². The zero-order valence-electron chi connectivity index (χ0n) is 11.8. The molecule has 1 aliphatic rings. The zero-order chi connectivity index (χ0) is 13.0. The van der Waals surface area contributed by atoms with Crippen LogP contribution in [0.2, 0.25) is 0 Å². The Morgan fingerprint density at radius 1 is 1.39 bits per heavy atom. The van der Waals surface area contributed by atoms with Crippen LogP contribution in [0.4, 0.5) is 0 Å². The van der Waals surface area contributed by atoms with Crippen LogP contribution in [0.25, 0.3) is 0 Å². The first-order chi connectivity index (χ1) is 8.69. The zero-order valence-corrected chi connectivity index (χ0v) is 11.8. The molecule has 0 amide bonds. The summed E-state index contributed by atoms with van der Waals surface area (Å²) in [6.07, 6.45) is 4.82. The van der Waals surface area contributed by atoms with Crippen molar-refractivity contribution < 1.29 is 0 Å². The summed E-state index contributed by atoms with van der Waals surface area (Å²) in [5.74, 6) is 0.941. The molecule has 1 N–H and O–H groups in total. The Morgan fingerprint density at radius 2 is 2.17 bits per heavy atom. The lowest BCUT2D eigenvalue weighted by molar-refractivity contribution is 0.201. The fraction of sp³-hybridized carbons (Fsp3) is 0.667. The third-order valence-electron chi connectivity index (χ3n) is 3.55. The van der Waals surface area contributed by atoms with Crippen molar-refractivity contribution in [3.63, 3.8) is 0 Å². The number of aromatic nitrogens is 1. The average Bonchev–Trinajstić information content (AvgIpc) is 3.15. The Morgan fingerprint density at radius 3 is 2.67 bits per heavy atom. The Labute approximate surface area is 111 Å².